The van der Waals surface area contributed by atoms with Crippen LogP contribution in [0, 0.1) is 12.7 Å². The topological polar surface area (TPSA) is 86.8 Å². The highest BCUT2D eigenvalue weighted by atomic mass is 35.5. The van der Waals surface area contributed by atoms with Crippen LogP contribution in [0.2, 0.25) is 5.02 Å². The lowest BCUT2D eigenvalue weighted by molar-refractivity contribution is -0.140. The van der Waals surface area contributed by atoms with Gasteiger partial charge in [0.05, 0.1) is 15.6 Å². The summed E-state index contributed by atoms with van der Waals surface area (Å²) in [6.07, 6.45) is 0.845. The number of nitrogens with one attached hydrogen (secondary N) is 1. The summed E-state index contributed by atoms with van der Waals surface area (Å²) in [4.78, 5) is 29.7. The molecular weight excluding hydrogens is 613 g/mol. The minimum Gasteiger partial charge on any atom is -0.352 e. The van der Waals surface area contributed by atoms with E-state index >= 15 is 0 Å². The summed E-state index contributed by atoms with van der Waals surface area (Å²) in [7, 11) is -4.28. The van der Waals surface area contributed by atoms with E-state index in [2.05, 4.69) is 5.32 Å². The van der Waals surface area contributed by atoms with Crippen molar-refractivity contribution >= 4 is 39.1 Å². The number of hydrogen-bond acceptors (Lipinski definition) is 4. The van der Waals surface area contributed by atoms with Crippen molar-refractivity contribution < 1.29 is 22.4 Å². The summed E-state index contributed by atoms with van der Waals surface area (Å²) in [5.74, 6) is -1.45. The molecule has 45 heavy (non-hydrogen) atoms. The van der Waals surface area contributed by atoms with Gasteiger partial charge in [0.1, 0.15) is 18.4 Å². The SMILES string of the molecule is CC[C@H](C)NC(=O)[C@@H](Cc1ccccc1)N(Cc1ccc(F)cc1)C(=O)CN(c1ccccc1Cl)S(=O)(=O)c1ccc(C)cc1. The van der Waals surface area contributed by atoms with Crippen LogP contribution in [0.1, 0.15) is 37.0 Å². The monoisotopic (exact) mass is 649 g/mol. The molecule has 4 rings (SSSR count). The fourth-order valence-electron chi connectivity index (χ4n) is 4.79. The first kappa shape index (κ1) is 33.7. The Morgan fingerprint density at radius 2 is 1.49 bits per heavy atom. The molecule has 0 aliphatic carbocycles. The molecular formula is C35H37ClFN3O4S. The second-order valence-corrected chi connectivity index (χ2v) is 13.2. The third-order valence-electron chi connectivity index (χ3n) is 7.55. The summed E-state index contributed by atoms with van der Waals surface area (Å²) in [6.45, 7) is 4.96. The van der Waals surface area contributed by atoms with E-state index in [1.807, 2.05) is 51.1 Å². The first-order chi connectivity index (χ1) is 21.5. The predicted molar refractivity (Wildman–Crippen MR) is 176 cm³/mol. The molecule has 236 valence electrons. The number of hydrogen-bond donors (Lipinski definition) is 1. The molecule has 4 aromatic rings. The molecule has 4 aromatic carbocycles. The zero-order valence-corrected chi connectivity index (χ0v) is 27.1. The zero-order valence-electron chi connectivity index (χ0n) is 25.5. The highest BCUT2D eigenvalue weighted by Crippen LogP contribution is 2.31. The quantitative estimate of drug-likeness (QED) is 0.178. The van der Waals surface area contributed by atoms with Crippen LogP contribution in [0.25, 0.3) is 0 Å². The van der Waals surface area contributed by atoms with E-state index in [0.29, 0.717) is 12.0 Å². The highest BCUT2D eigenvalue weighted by molar-refractivity contribution is 7.92. The van der Waals surface area contributed by atoms with Crippen LogP contribution < -0.4 is 9.62 Å². The third kappa shape index (κ3) is 8.71. The van der Waals surface area contributed by atoms with Gasteiger partial charge in [-0.25, -0.2) is 12.8 Å². The van der Waals surface area contributed by atoms with Gasteiger partial charge in [0.25, 0.3) is 10.0 Å². The summed E-state index contributed by atoms with van der Waals surface area (Å²) in [5.41, 5.74) is 2.38. The van der Waals surface area contributed by atoms with Gasteiger partial charge in [-0.1, -0.05) is 90.8 Å². The van der Waals surface area contributed by atoms with E-state index in [9.17, 15) is 22.4 Å². The van der Waals surface area contributed by atoms with E-state index in [1.54, 1.807) is 30.3 Å². The van der Waals surface area contributed by atoms with Gasteiger partial charge in [0.15, 0.2) is 0 Å². The first-order valence-electron chi connectivity index (χ1n) is 14.7. The van der Waals surface area contributed by atoms with Crippen molar-refractivity contribution in [3.05, 3.63) is 131 Å². The standard InChI is InChI=1S/C35H37ClFN3O4S/c1-4-26(3)38-35(42)33(22-27-10-6-5-7-11-27)39(23-28-16-18-29(37)19-17-28)34(41)24-40(32-13-9-8-12-31(32)36)45(43,44)30-20-14-25(2)15-21-30/h5-21,26,33H,4,22-24H2,1-3H3,(H,38,42)/t26-,33+/m0/s1. The molecule has 2 atom stereocenters. The van der Waals surface area contributed by atoms with Gasteiger partial charge >= 0.3 is 0 Å². The maximum atomic E-state index is 14.5. The maximum Gasteiger partial charge on any atom is 0.264 e. The molecule has 0 bridgehead atoms. The number of aryl methyl sites for hydroxylation is 1. The zero-order chi connectivity index (χ0) is 32.6. The summed E-state index contributed by atoms with van der Waals surface area (Å²) in [5, 5.41) is 3.13. The lowest BCUT2D eigenvalue weighted by Gasteiger charge is -2.34. The van der Waals surface area contributed by atoms with Crippen LogP contribution in [-0.2, 0) is 32.6 Å². The van der Waals surface area contributed by atoms with Gasteiger partial charge in [-0.05, 0) is 67.8 Å². The van der Waals surface area contributed by atoms with Gasteiger partial charge < -0.3 is 10.2 Å². The molecule has 0 aliphatic rings. The number of para-hydroxylation sites is 1. The highest BCUT2D eigenvalue weighted by Gasteiger charge is 2.35. The molecule has 10 heteroatoms. The molecule has 0 saturated carbocycles. The van der Waals surface area contributed by atoms with Crippen LogP contribution in [0.4, 0.5) is 10.1 Å². The Bertz CT molecular complexity index is 1700. The summed E-state index contributed by atoms with van der Waals surface area (Å²) in [6, 6.07) is 26.4. The molecule has 1 N–H and O–H groups in total. The Hall–Kier alpha value is -4.21. The van der Waals surface area contributed by atoms with Crippen LogP contribution in [0.3, 0.4) is 0 Å². The second-order valence-electron chi connectivity index (χ2n) is 10.9. The van der Waals surface area contributed by atoms with E-state index < -0.39 is 34.3 Å². The average molecular weight is 650 g/mol. The van der Waals surface area contributed by atoms with Gasteiger partial charge in [-0.2, -0.15) is 0 Å². The van der Waals surface area contributed by atoms with Crippen LogP contribution in [0.15, 0.2) is 108 Å². The first-order valence-corrected chi connectivity index (χ1v) is 16.5. The number of carbonyl (C=O) groups excluding carboxylic acids is 2. The Balaban J connectivity index is 1.81. The molecule has 0 radical (unpaired) electrons. The molecule has 0 unspecified atom stereocenters. The average Bonchev–Trinajstić information content (AvgIpc) is 3.03. The van der Waals surface area contributed by atoms with E-state index in [4.69, 9.17) is 11.6 Å². The van der Waals surface area contributed by atoms with Crippen molar-refractivity contribution in [3.8, 4) is 0 Å². The number of sulfonamides is 1. The number of amides is 2. The fraction of sp³-hybridized carbons (Fsp3) is 0.257. The summed E-state index contributed by atoms with van der Waals surface area (Å²) >= 11 is 6.51. The van der Waals surface area contributed by atoms with Gasteiger partial charge in [0.2, 0.25) is 11.8 Å². The molecule has 7 nitrogen and oxygen atoms in total. The molecule has 0 heterocycles. The molecule has 0 aliphatic heterocycles. The number of halogens is 2. The molecule has 0 aromatic heterocycles. The number of nitrogens with zero attached hydrogens (tertiary/aromatic N) is 2. The third-order valence-corrected chi connectivity index (χ3v) is 9.64. The smallest absolute Gasteiger partial charge is 0.264 e. The van der Waals surface area contributed by atoms with Crippen LogP contribution in [-0.4, -0.2) is 43.8 Å². The van der Waals surface area contributed by atoms with Gasteiger partial charge in [-0.15, -0.1) is 0 Å². The van der Waals surface area contributed by atoms with Gasteiger partial charge in [-0.3, -0.25) is 13.9 Å². The Kier molecular flexibility index (Phi) is 11.4. The van der Waals surface area contributed by atoms with Crippen molar-refractivity contribution in [3.63, 3.8) is 0 Å². The number of rotatable bonds is 13. The van der Waals surface area contributed by atoms with Crippen molar-refractivity contribution in [2.75, 3.05) is 10.8 Å². The number of anilines is 1. The predicted octanol–water partition coefficient (Wildman–Crippen LogP) is 6.54. The fourth-order valence-corrected chi connectivity index (χ4v) is 6.51. The lowest BCUT2D eigenvalue weighted by atomic mass is 10.0. The normalized spacial score (nSPS) is 12.6. The van der Waals surface area contributed by atoms with Crippen molar-refractivity contribution in [2.24, 2.45) is 0 Å². The van der Waals surface area contributed by atoms with Crippen molar-refractivity contribution in [1.29, 1.82) is 0 Å². The molecule has 0 saturated heterocycles. The molecule has 0 fully saturated rings. The molecule has 2 amide bonds. The van der Waals surface area contributed by atoms with Gasteiger partial charge in [0, 0.05) is 19.0 Å². The van der Waals surface area contributed by atoms with E-state index in [-0.39, 0.29) is 40.5 Å². The van der Waals surface area contributed by atoms with E-state index in [0.717, 1.165) is 15.4 Å². The molecule has 0 spiro atoms. The number of benzene rings is 4. The Morgan fingerprint density at radius 1 is 0.867 bits per heavy atom. The summed E-state index contributed by atoms with van der Waals surface area (Å²) < 4.78 is 43.0. The number of carbonyl (C=O) groups is 2. The Labute approximate surface area is 269 Å². The van der Waals surface area contributed by atoms with Crippen molar-refractivity contribution in [1.82, 2.24) is 10.2 Å². The second kappa shape index (κ2) is 15.2. The van der Waals surface area contributed by atoms with Crippen molar-refractivity contribution in [2.45, 2.75) is 57.1 Å². The maximum absolute atomic E-state index is 14.5. The van der Waals surface area contributed by atoms with E-state index in [1.165, 1.54) is 47.4 Å². The minimum absolute atomic E-state index is 0.0127. The lowest BCUT2D eigenvalue weighted by Crippen LogP contribution is -2.54. The van der Waals surface area contributed by atoms with Crippen LogP contribution in [0.5, 0.6) is 0 Å². The minimum atomic E-state index is -4.28. The largest absolute Gasteiger partial charge is 0.352 e. The Morgan fingerprint density at radius 3 is 2.11 bits per heavy atom. The van der Waals surface area contributed by atoms with Crippen LogP contribution >= 0.6 is 11.6 Å².